The lowest BCUT2D eigenvalue weighted by Gasteiger charge is -2.20. The maximum atomic E-state index is 11.7. The van der Waals surface area contributed by atoms with Gasteiger partial charge in [-0.15, -0.1) is 0 Å². The second kappa shape index (κ2) is 4.33. The molecule has 16 heavy (non-hydrogen) atoms. The molecule has 5 nitrogen and oxygen atoms in total. The second-order valence-electron chi connectivity index (χ2n) is 5.26. The van der Waals surface area contributed by atoms with Crippen LogP contribution in [-0.2, 0) is 14.6 Å². The molecule has 1 aliphatic rings. The summed E-state index contributed by atoms with van der Waals surface area (Å²) in [5.41, 5.74) is 4.85. The quantitative estimate of drug-likeness (QED) is 0.728. The highest BCUT2D eigenvalue weighted by atomic mass is 32.2. The monoisotopic (exact) mass is 248 g/mol. The third-order valence-electron chi connectivity index (χ3n) is 2.42. The van der Waals surface area contributed by atoms with E-state index in [0.29, 0.717) is 0 Å². The van der Waals surface area contributed by atoms with Crippen LogP contribution in [0.15, 0.2) is 0 Å². The summed E-state index contributed by atoms with van der Waals surface area (Å²) < 4.78 is 23.4. The Morgan fingerprint density at radius 1 is 1.44 bits per heavy atom. The van der Waals surface area contributed by atoms with E-state index in [2.05, 4.69) is 0 Å². The zero-order valence-electron chi connectivity index (χ0n) is 10.1. The second-order valence-corrected chi connectivity index (χ2v) is 7.32. The van der Waals surface area contributed by atoms with Crippen molar-refractivity contribution in [2.75, 3.05) is 18.6 Å². The van der Waals surface area contributed by atoms with Gasteiger partial charge in [0.05, 0.1) is 5.75 Å². The molecule has 1 rings (SSSR count). The first-order valence-electron chi connectivity index (χ1n) is 5.36. The van der Waals surface area contributed by atoms with Crippen LogP contribution < -0.4 is 5.73 Å². The van der Waals surface area contributed by atoms with Gasteiger partial charge in [0.25, 0.3) is 0 Å². The van der Waals surface area contributed by atoms with E-state index < -0.39 is 21.1 Å². The summed E-state index contributed by atoms with van der Waals surface area (Å²) in [5.74, 6) is -0.919. The van der Waals surface area contributed by atoms with Crippen molar-refractivity contribution >= 4 is 15.7 Å². The summed E-state index contributed by atoms with van der Waals surface area (Å²) in [6.45, 7) is 3.28. The molecule has 6 heteroatoms. The lowest BCUT2D eigenvalue weighted by Crippen LogP contribution is -2.43. The third-order valence-corrected chi connectivity index (χ3v) is 4.29. The Bertz CT molecular complexity index is 366. The molecule has 0 aliphatic heterocycles. The molecule has 1 amide bonds. The summed E-state index contributed by atoms with van der Waals surface area (Å²) >= 11 is 0. The van der Waals surface area contributed by atoms with Crippen molar-refractivity contribution in [3.63, 3.8) is 0 Å². The number of hydrogen-bond acceptors (Lipinski definition) is 4. The SMILES string of the molecule is CN(C(=O)CS(=O)(=O)CC(C)(C)N)C1CC1. The number of carbonyl (C=O) groups is 1. The van der Waals surface area contributed by atoms with E-state index in [1.165, 1.54) is 4.90 Å². The average Bonchev–Trinajstić information content (AvgIpc) is 2.78. The van der Waals surface area contributed by atoms with Gasteiger partial charge in [-0.2, -0.15) is 0 Å². The highest BCUT2D eigenvalue weighted by Crippen LogP contribution is 2.25. The van der Waals surface area contributed by atoms with Gasteiger partial charge in [0.15, 0.2) is 9.84 Å². The van der Waals surface area contributed by atoms with Crippen LogP contribution in [-0.4, -0.2) is 49.4 Å². The van der Waals surface area contributed by atoms with E-state index in [9.17, 15) is 13.2 Å². The molecule has 0 aromatic rings. The van der Waals surface area contributed by atoms with Gasteiger partial charge < -0.3 is 10.6 Å². The van der Waals surface area contributed by atoms with Gasteiger partial charge in [-0.25, -0.2) is 8.42 Å². The molecule has 0 atom stereocenters. The molecule has 1 fully saturated rings. The van der Waals surface area contributed by atoms with E-state index >= 15 is 0 Å². The number of carbonyl (C=O) groups excluding carboxylic acids is 1. The van der Waals surface area contributed by atoms with Gasteiger partial charge in [-0.3, -0.25) is 4.79 Å². The van der Waals surface area contributed by atoms with Gasteiger partial charge in [0.1, 0.15) is 5.75 Å². The zero-order valence-corrected chi connectivity index (χ0v) is 10.9. The molecule has 0 aromatic carbocycles. The molecule has 1 saturated carbocycles. The molecule has 94 valence electrons. The van der Waals surface area contributed by atoms with Crippen LogP contribution in [0.1, 0.15) is 26.7 Å². The zero-order chi connectivity index (χ0) is 12.6. The summed E-state index contributed by atoms with van der Waals surface area (Å²) in [6.07, 6.45) is 1.95. The minimum atomic E-state index is -3.41. The first-order valence-corrected chi connectivity index (χ1v) is 7.18. The van der Waals surface area contributed by atoms with E-state index in [-0.39, 0.29) is 17.7 Å². The summed E-state index contributed by atoms with van der Waals surface area (Å²) in [4.78, 5) is 13.2. The Balaban J connectivity index is 2.55. The predicted molar refractivity (Wildman–Crippen MR) is 62.7 cm³/mol. The minimum Gasteiger partial charge on any atom is -0.342 e. The third kappa shape index (κ3) is 4.49. The van der Waals surface area contributed by atoms with Gasteiger partial charge in [0.2, 0.25) is 5.91 Å². The minimum absolute atomic E-state index is 0.162. The number of hydrogen-bond donors (Lipinski definition) is 1. The largest absolute Gasteiger partial charge is 0.342 e. The Kier molecular flexibility index (Phi) is 3.64. The average molecular weight is 248 g/mol. The molecule has 0 bridgehead atoms. The Morgan fingerprint density at radius 3 is 2.31 bits per heavy atom. The predicted octanol–water partition coefficient (Wildman–Crippen LogP) is -0.241. The summed E-state index contributed by atoms with van der Waals surface area (Å²) in [5, 5.41) is 0. The van der Waals surface area contributed by atoms with Gasteiger partial charge in [-0.05, 0) is 26.7 Å². The molecular formula is C10H20N2O3S. The van der Waals surface area contributed by atoms with E-state index in [1.54, 1.807) is 20.9 Å². The van der Waals surface area contributed by atoms with Gasteiger partial charge >= 0.3 is 0 Å². The molecule has 0 heterocycles. The Labute approximate surface area is 96.9 Å². The van der Waals surface area contributed by atoms with Crippen molar-refractivity contribution < 1.29 is 13.2 Å². The Morgan fingerprint density at radius 2 is 1.94 bits per heavy atom. The molecule has 0 saturated heterocycles. The fourth-order valence-electron chi connectivity index (χ4n) is 1.57. The van der Waals surface area contributed by atoms with E-state index in [4.69, 9.17) is 5.73 Å². The maximum Gasteiger partial charge on any atom is 0.237 e. The van der Waals surface area contributed by atoms with Crippen LogP contribution in [0.5, 0.6) is 0 Å². The van der Waals surface area contributed by atoms with Crippen LogP contribution >= 0.6 is 0 Å². The van der Waals surface area contributed by atoms with Gasteiger partial charge in [0, 0.05) is 18.6 Å². The van der Waals surface area contributed by atoms with Crippen LogP contribution in [0.3, 0.4) is 0 Å². The lowest BCUT2D eigenvalue weighted by atomic mass is 10.1. The molecule has 0 spiro atoms. The van der Waals surface area contributed by atoms with Crippen molar-refractivity contribution in [2.45, 2.75) is 38.3 Å². The number of nitrogens with zero attached hydrogens (tertiary/aromatic N) is 1. The summed E-state index contributed by atoms with van der Waals surface area (Å²) in [7, 11) is -1.75. The molecule has 1 aliphatic carbocycles. The van der Waals surface area contributed by atoms with Crippen molar-refractivity contribution in [3.05, 3.63) is 0 Å². The van der Waals surface area contributed by atoms with E-state index in [0.717, 1.165) is 12.8 Å². The number of rotatable bonds is 5. The van der Waals surface area contributed by atoms with Crippen LogP contribution in [0.4, 0.5) is 0 Å². The smallest absolute Gasteiger partial charge is 0.237 e. The van der Waals surface area contributed by atoms with Crippen LogP contribution in [0.25, 0.3) is 0 Å². The van der Waals surface area contributed by atoms with Crippen molar-refractivity contribution in [1.29, 1.82) is 0 Å². The molecule has 0 radical (unpaired) electrons. The molecule has 0 aromatic heterocycles. The van der Waals surface area contributed by atoms with Crippen molar-refractivity contribution in [2.24, 2.45) is 5.73 Å². The fourth-order valence-corrected chi connectivity index (χ4v) is 3.39. The first kappa shape index (κ1) is 13.4. The fraction of sp³-hybridized carbons (Fsp3) is 0.900. The molecular weight excluding hydrogens is 228 g/mol. The highest BCUT2D eigenvalue weighted by molar-refractivity contribution is 7.92. The van der Waals surface area contributed by atoms with Gasteiger partial charge in [-0.1, -0.05) is 0 Å². The molecule has 2 N–H and O–H groups in total. The van der Waals surface area contributed by atoms with Crippen molar-refractivity contribution in [1.82, 2.24) is 4.90 Å². The number of sulfone groups is 1. The number of nitrogens with two attached hydrogens (primary N) is 1. The van der Waals surface area contributed by atoms with Crippen molar-refractivity contribution in [3.8, 4) is 0 Å². The maximum absolute atomic E-state index is 11.7. The van der Waals surface area contributed by atoms with Crippen LogP contribution in [0, 0.1) is 0 Å². The topological polar surface area (TPSA) is 80.5 Å². The standard InChI is InChI=1S/C10H20N2O3S/c1-10(2,11)7-16(14,15)6-9(13)12(3)8-4-5-8/h8H,4-7,11H2,1-3H3. The highest BCUT2D eigenvalue weighted by Gasteiger charge is 2.32. The Hall–Kier alpha value is -0.620. The van der Waals surface area contributed by atoms with E-state index in [1.807, 2.05) is 0 Å². The van der Waals surface area contributed by atoms with Crippen LogP contribution in [0.2, 0.25) is 0 Å². The number of amides is 1. The normalized spacial score (nSPS) is 17.2. The lowest BCUT2D eigenvalue weighted by molar-refractivity contribution is -0.127. The summed E-state index contributed by atoms with van der Waals surface area (Å²) in [6, 6.07) is 0.244. The molecule has 0 unspecified atom stereocenters. The first-order chi connectivity index (χ1) is 7.11.